The lowest BCUT2D eigenvalue weighted by molar-refractivity contribution is -0.384. The molecular weight excluding hydrogens is 246 g/mol. The van der Waals surface area contributed by atoms with Crippen molar-refractivity contribution in [1.29, 1.82) is 0 Å². The van der Waals surface area contributed by atoms with E-state index >= 15 is 0 Å². The van der Waals surface area contributed by atoms with Crippen molar-refractivity contribution in [2.24, 2.45) is 0 Å². The second-order valence-electron chi connectivity index (χ2n) is 4.50. The molecule has 0 fully saturated rings. The van der Waals surface area contributed by atoms with Gasteiger partial charge in [-0.1, -0.05) is 13.3 Å². The molecule has 0 spiro atoms. The number of rotatable bonds is 5. The SMILES string of the molecule is CCCCc1oc2ccc([N+](=O)[O-])cc2c1C(C)=O. The molecule has 0 atom stereocenters. The Morgan fingerprint density at radius 2 is 2.16 bits per heavy atom. The van der Waals surface area contributed by atoms with Crippen LogP contribution in [0, 0.1) is 10.1 Å². The van der Waals surface area contributed by atoms with Crippen molar-refractivity contribution in [3.63, 3.8) is 0 Å². The molecule has 0 aliphatic rings. The smallest absolute Gasteiger partial charge is 0.270 e. The number of carbonyl (C=O) groups is 1. The highest BCUT2D eigenvalue weighted by molar-refractivity contribution is 6.07. The lowest BCUT2D eigenvalue weighted by Crippen LogP contribution is -1.96. The van der Waals surface area contributed by atoms with Gasteiger partial charge < -0.3 is 4.42 Å². The van der Waals surface area contributed by atoms with Crippen LogP contribution in [0.4, 0.5) is 5.69 Å². The maximum absolute atomic E-state index is 11.8. The molecule has 2 rings (SSSR count). The van der Waals surface area contributed by atoms with E-state index in [0.717, 1.165) is 12.8 Å². The summed E-state index contributed by atoms with van der Waals surface area (Å²) >= 11 is 0. The van der Waals surface area contributed by atoms with Gasteiger partial charge in [-0.05, 0) is 19.4 Å². The third-order valence-electron chi connectivity index (χ3n) is 3.06. The van der Waals surface area contributed by atoms with Crippen LogP contribution in [0.25, 0.3) is 11.0 Å². The molecule has 0 saturated carbocycles. The van der Waals surface area contributed by atoms with Crippen LogP contribution >= 0.6 is 0 Å². The molecule has 100 valence electrons. The number of hydrogen-bond donors (Lipinski definition) is 0. The van der Waals surface area contributed by atoms with Crippen molar-refractivity contribution < 1.29 is 14.1 Å². The number of fused-ring (bicyclic) bond motifs is 1. The van der Waals surface area contributed by atoms with Gasteiger partial charge in [-0.2, -0.15) is 0 Å². The third-order valence-corrected chi connectivity index (χ3v) is 3.06. The fraction of sp³-hybridized carbons (Fsp3) is 0.357. The predicted molar refractivity (Wildman–Crippen MR) is 71.5 cm³/mol. The van der Waals surface area contributed by atoms with Crippen LogP contribution in [0.3, 0.4) is 0 Å². The average molecular weight is 261 g/mol. The number of benzene rings is 1. The van der Waals surface area contributed by atoms with E-state index in [4.69, 9.17) is 4.42 Å². The van der Waals surface area contributed by atoms with Crippen LogP contribution in [0.1, 0.15) is 42.8 Å². The van der Waals surface area contributed by atoms with Crippen molar-refractivity contribution in [1.82, 2.24) is 0 Å². The standard InChI is InChI=1S/C14H15NO4/c1-3-4-5-13-14(9(2)16)11-8-10(15(17)18)6-7-12(11)19-13/h6-8H,3-5H2,1-2H3. The molecule has 0 bridgehead atoms. The summed E-state index contributed by atoms with van der Waals surface area (Å²) < 4.78 is 5.65. The quantitative estimate of drug-likeness (QED) is 0.465. The second-order valence-corrected chi connectivity index (χ2v) is 4.50. The first-order valence-corrected chi connectivity index (χ1v) is 6.25. The molecule has 19 heavy (non-hydrogen) atoms. The van der Waals surface area contributed by atoms with E-state index in [-0.39, 0.29) is 11.5 Å². The summed E-state index contributed by atoms with van der Waals surface area (Å²) in [6.07, 6.45) is 2.59. The van der Waals surface area contributed by atoms with Gasteiger partial charge in [0.15, 0.2) is 5.78 Å². The first-order chi connectivity index (χ1) is 9.04. The molecule has 1 heterocycles. The van der Waals surface area contributed by atoms with Crippen molar-refractivity contribution in [2.75, 3.05) is 0 Å². The Labute approximate surface area is 110 Å². The van der Waals surface area contributed by atoms with Crippen LogP contribution in [-0.4, -0.2) is 10.7 Å². The van der Waals surface area contributed by atoms with E-state index in [1.54, 1.807) is 6.07 Å². The first-order valence-electron chi connectivity index (χ1n) is 6.25. The number of nitrogens with zero attached hydrogens (tertiary/aromatic N) is 1. The van der Waals surface area contributed by atoms with Gasteiger partial charge in [0.2, 0.25) is 0 Å². The van der Waals surface area contributed by atoms with E-state index in [0.29, 0.717) is 28.7 Å². The van der Waals surface area contributed by atoms with Gasteiger partial charge >= 0.3 is 0 Å². The number of ketones is 1. The van der Waals surface area contributed by atoms with Gasteiger partial charge in [0.25, 0.3) is 5.69 Å². The summed E-state index contributed by atoms with van der Waals surface area (Å²) in [4.78, 5) is 22.1. The molecule has 1 aromatic heterocycles. The summed E-state index contributed by atoms with van der Waals surface area (Å²) in [5.74, 6) is 0.509. The molecule has 5 heteroatoms. The Balaban J connectivity index is 2.61. The minimum atomic E-state index is -0.470. The zero-order valence-electron chi connectivity index (χ0n) is 10.9. The maximum Gasteiger partial charge on any atom is 0.270 e. The second kappa shape index (κ2) is 5.22. The van der Waals surface area contributed by atoms with E-state index in [2.05, 4.69) is 6.92 Å². The normalized spacial score (nSPS) is 10.8. The number of Topliss-reactive ketones (excluding diaryl/α,β-unsaturated/α-hetero) is 1. The van der Waals surface area contributed by atoms with Crippen LogP contribution in [0.5, 0.6) is 0 Å². The van der Waals surface area contributed by atoms with Gasteiger partial charge in [0.05, 0.1) is 10.5 Å². The number of non-ortho nitro benzene ring substituents is 1. The topological polar surface area (TPSA) is 73.3 Å². The lowest BCUT2D eigenvalue weighted by Gasteiger charge is -1.97. The molecule has 0 N–H and O–H groups in total. The van der Waals surface area contributed by atoms with Gasteiger partial charge in [-0.15, -0.1) is 0 Å². The summed E-state index contributed by atoms with van der Waals surface area (Å²) in [6, 6.07) is 4.35. The fourth-order valence-electron chi connectivity index (χ4n) is 2.15. The lowest BCUT2D eigenvalue weighted by atomic mass is 10.0. The predicted octanol–water partition coefficient (Wildman–Crippen LogP) is 3.89. The molecule has 0 radical (unpaired) electrons. The van der Waals surface area contributed by atoms with Gasteiger partial charge in [-0.3, -0.25) is 14.9 Å². The van der Waals surface area contributed by atoms with E-state index < -0.39 is 4.92 Å². The van der Waals surface area contributed by atoms with Crippen molar-refractivity contribution >= 4 is 22.4 Å². The van der Waals surface area contributed by atoms with Crippen molar-refractivity contribution in [3.8, 4) is 0 Å². The highest BCUT2D eigenvalue weighted by Crippen LogP contribution is 2.30. The Kier molecular flexibility index (Phi) is 3.64. The number of nitro benzene ring substituents is 1. The van der Waals surface area contributed by atoms with E-state index in [1.165, 1.54) is 19.1 Å². The minimum Gasteiger partial charge on any atom is -0.460 e. The van der Waals surface area contributed by atoms with Gasteiger partial charge in [-0.25, -0.2) is 0 Å². The maximum atomic E-state index is 11.8. The molecule has 0 unspecified atom stereocenters. The number of unbranched alkanes of at least 4 members (excludes halogenated alkanes) is 1. The summed E-state index contributed by atoms with van der Waals surface area (Å²) in [5.41, 5.74) is 0.979. The summed E-state index contributed by atoms with van der Waals surface area (Å²) in [7, 11) is 0. The minimum absolute atomic E-state index is 0.0298. The largest absolute Gasteiger partial charge is 0.460 e. The molecule has 0 amide bonds. The molecule has 5 nitrogen and oxygen atoms in total. The highest BCUT2D eigenvalue weighted by atomic mass is 16.6. The number of hydrogen-bond acceptors (Lipinski definition) is 4. The molecular formula is C14H15NO4. The monoisotopic (exact) mass is 261 g/mol. The Hall–Kier alpha value is -2.17. The van der Waals surface area contributed by atoms with Crippen LogP contribution in [0.15, 0.2) is 22.6 Å². The molecule has 1 aromatic carbocycles. The van der Waals surface area contributed by atoms with Crippen molar-refractivity contribution in [3.05, 3.63) is 39.6 Å². The van der Waals surface area contributed by atoms with Crippen LogP contribution in [-0.2, 0) is 6.42 Å². The van der Waals surface area contributed by atoms with Crippen molar-refractivity contribution in [2.45, 2.75) is 33.1 Å². The number of aryl methyl sites for hydroxylation is 1. The van der Waals surface area contributed by atoms with Gasteiger partial charge in [0, 0.05) is 23.9 Å². The molecule has 0 aliphatic heterocycles. The average Bonchev–Trinajstić information content (AvgIpc) is 2.73. The number of carbonyl (C=O) groups excluding carboxylic acids is 1. The first kappa shape index (κ1) is 13.3. The zero-order valence-corrected chi connectivity index (χ0v) is 10.9. The number of nitro groups is 1. The van der Waals surface area contributed by atoms with E-state index in [9.17, 15) is 14.9 Å². The third kappa shape index (κ3) is 2.50. The zero-order chi connectivity index (χ0) is 14.0. The molecule has 2 aromatic rings. The van der Waals surface area contributed by atoms with Crippen LogP contribution in [0.2, 0.25) is 0 Å². The summed E-state index contributed by atoms with van der Waals surface area (Å²) in [5, 5.41) is 11.3. The Morgan fingerprint density at radius 1 is 1.42 bits per heavy atom. The molecule has 0 saturated heterocycles. The highest BCUT2D eigenvalue weighted by Gasteiger charge is 2.19. The van der Waals surface area contributed by atoms with E-state index in [1.807, 2.05) is 0 Å². The van der Waals surface area contributed by atoms with Crippen LogP contribution < -0.4 is 0 Å². The molecule has 0 aliphatic carbocycles. The Morgan fingerprint density at radius 3 is 2.74 bits per heavy atom. The summed E-state index contributed by atoms with van der Waals surface area (Å²) in [6.45, 7) is 3.51. The Bertz CT molecular complexity index is 642. The fourth-order valence-corrected chi connectivity index (χ4v) is 2.15. The van der Waals surface area contributed by atoms with Gasteiger partial charge in [0.1, 0.15) is 11.3 Å². The number of furan rings is 1.